The number of fused-ring (bicyclic) bond motifs is 17. The molecule has 0 radical (unpaired) electrons. The summed E-state index contributed by atoms with van der Waals surface area (Å²) >= 11 is 7.86. The highest BCUT2D eigenvalue weighted by atomic mass is 79.9. The molecule has 0 saturated carbocycles. The number of rotatable bonds is 5. The molecular weight excluding hydrogens is 952 g/mol. The lowest BCUT2D eigenvalue weighted by molar-refractivity contribution is 0.955. The number of aromatic nitrogens is 6. The molecular formula is C59H34Br2N6. The minimum absolute atomic E-state index is 0.547. The second-order valence-electron chi connectivity index (χ2n) is 17.0. The maximum atomic E-state index is 5.38. The van der Waals surface area contributed by atoms with Gasteiger partial charge >= 0.3 is 0 Å². The predicted octanol–water partition coefficient (Wildman–Crippen LogP) is 16.3. The van der Waals surface area contributed by atoms with E-state index in [2.05, 4.69) is 215 Å². The lowest BCUT2D eigenvalue weighted by Gasteiger charge is -2.13. The van der Waals surface area contributed by atoms with E-state index in [1.807, 2.05) is 36.4 Å². The Kier molecular flexibility index (Phi) is 8.48. The summed E-state index contributed by atoms with van der Waals surface area (Å²) < 4.78 is 9.29. The van der Waals surface area contributed by atoms with Crippen molar-refractivity contribution in [1.29, 1.82) is 0 Å². The Morgan fingerprint density at radius 3 is 1.16 bits per heavy atom. The van der Waals surface area contributed by atoms with Crippen LogP contribution in [0.3, 0.4) is 0 Å². The van der Waals surface area contributed by atoms with E-state index >= 15 is 0 Å². The van der Waals surface area contributed by atoms with Gasteiger partial charge in [-0.05, 0) is 71.4 Å². The Morgan fingerprint density at radius 2 is 0.687 bits per heavy atom. The zero-order valence-electron chi connectivity index (χ0n) is 35.6. The highest BCUT2D eigenvalue weighted by molar-refractivity contribution is 9.10. The van der Waals surface area contributed by atoms with Crippen LogP contribution in [-0.4, -0.2) is 28.7 Å². The van der Waals surface area contributed by atoms with Gasteiger partial charge in [0.1, 0.15) is 0 Å². The molecule has 0 aliphatic heterocycles. The maximum absolute atomic E-state index is 5.38. The van der Waals surface area contributed by atoms with Crippen LogP contribution >= 0.6 is 31.9 Å². The van der Waals surface area contributed by atoms with Crippen LogP contribution in [-0.2, 0) is 0 Å². The SMILES string of the molecule is Brc1ccc2c(c1)c1c(c3ccccc3c3c4c5ccccc5c5c(c6cc(Br)ccc6n5-c5nc(-c6ccccc6)nc(-c6ccccc6)n5)c4n(-c4ccccc4)c31)n2-c1ccccc1. The number of hydrogen-bond donors (Lipinski definition) is 0. The molecule has 6 nitrogen and oxygen atoms in total. The molecule has 0 aliphatic carbocycles. The molecule has 0 saturated heterocycles. The molecule has 0 unspecified atom stereocenters. The largest absolute Gasteiger partial charge is 0.309 e. The van der Waals surface area contributed by atoms with Gasteiger partial charge in [0.05, 0.1) is 33.1 Å². The van der Waals surface area contributed by atoms with Crippen LogP contribution in [0.25, 0.3) is 127 Å². The molecule has 0 spiro atoms. The van der Waals surface area contributed by atoms with E-state index in [4.69, 9.17) is 15.0 Å². The highest BCUT2D eigenvalue weighted by Crippen LogP contribution is 2.52. The molecule has 0 atom stereocenters. The van der Waals surface area contributed by atoms with Crippen LogP contribution in [0, 0.1) is 0 Å². The summed E-state index contributed by atoms with van der Waals surface area (Å²) in [5.74, 6) is 1.76. The Bertz CT molecular complexity index is 4270. The Morgan fingerprint density at radius 1 is 0.299 bits per heavy atom. The van der Waals surface area contributed by atoms with Gasteiger partial charge in [-0.25, -0.2) is 4.98 Å². The van der Waals surface area contributed by atoms with Crippen molar-refractivity contribution in [2.75, 3.05) is 0 Å². The fourth-order valence-electron chi connectivity index (χ4n) is 10.7. The molecule has 4 aromatic heterocycles. The quantitative estimate of drug-likeness (QED) is 0.173. The summed E-state index contributed by atoms with van der Waals surface area (Å²) in [6.45, 7) is 0. The molecule has 0 bridgehead atoms. The number of hydrogen-bond acceptors (Lipinski definition) is 3. The Hall–Kier alpha value is -7.91. The summed E-state index contributed by atoms with van der Waals surface area (Å²) in [7, 11) is 0. The second kappa shape index (κ2) is 14.8. The summed E-state index contributed by atoms with van der Waals surface area (Å²) in [5.41, 5.74) is 10.6. The van der Waals surface area contributed by atoms with Gasteiger partial charge in [-0.2, -0.15) is 9.97 Å². The van der Waals surface area contributed by atoms with Crippen molar-refractivity contribution in [2.24, 2.45) is 0 Å². The standard InChI is InChI=1S/C59H34Br2N6/c60-37-29-31-47-45(33-37)51-53(65(47)39-21-9-3-10-22-39)43-27-15-13-25-41(43)49-50-42-26-14-16-28-44(42)54-52(56(50)66(55(49)51)40-23-11-4-12-24-40)46-34-38(61)30-32-48(46)67(54)59-63-57(35-17-5-1-6-18-35)62-58(64-59)36-19-7-2-8-20-36/h1-34H. The van der Waals surface area contributed by atoms with Crippen molar-refractivity contribution in [3.05, 3.63) is 215 Å². The first-order valence-corrected chi connectivity index (χ1v) is 23.8. The fourth-order valence-corrected chi connectivity index (χ4v) is 11.4. The first-order valence-electron chi connectivity index (χ1n) is 22.3. The molecule has 0 N–H and O–H groups in total. The summed E-state index contributed by atoms with van der Waals surface area (Å²) in [4.78, 5) is 15.9. The van der Waals surface area contributed by atoms with Gasteiger partial charge in [-0.1, -0.05) is 177 Å². The fraction of sp³-hybridized carbons (Fsp3) is 0. The van der Waals surface area contributed by atoms with E-state index in [9.17, 15) is 0 Å². The third-order valence-electron chi connectivity index (χ3n) is 13.3. The van der Waals surface area contributed by atoms with Crippen molar-refractivity contribution in [3.8, 4) is 40.1 Å². The van der Waals surface area contributed by atoms with Crippen molar-refractivity contribution in [3.63, 3.8) is 0 Å². The number of halogens is 2. The lowest BCUT2D eigenvalue weighted by Crippen LogP contribution is -2.06. The van der Waals surface area contributed by atoms with Crippen molar-refractivity contribution >= 4 is 119 Å². The minimum Gasteiger partial charge on any atom is -0.309 e. The van der Waals surface area contributed by atoms with E-state index in [0.29, 0.717) is 17.6 Å². The number of para-hydroxylation sites is 2. The molecule has 0 aliphatic rings. The van der Waals surface area contributed by atoms with E-state index in [1.165, 1.54) is 37.8 Å². The molecule has 8 heteroatoms. The summed E-state index contributed by atoms with van der Waals surface area (Å²) in [6, 6.07) is 73.2. The van der Waals surface area contributed by atoms with Gasteiger partial charge in [-0.3, -0.25) is 4.57 Å². The predicted molar refractivity (Wildman–Crippen MR) is 284 cm³/mol. The monoisotopic (exact) mass is 984 g/mol. The Balaban J connectivity index is 1.27. The zero-order chi connectivity index (χ0) is 44.3. The van der Waals surface area contributed by atoms with Crippen LogP contribution in [0.5, 0.6) is 0 Å². The van der Waals surface area contributed by atoms with E-state index in [1.54, 1.807) is 0 Å². The Labute approximate surface area is 400 Å². The van der Waals surface area contributed by atoms with Crippen molar-refractivity contribution in [1.82, 2.24) is 28.7 Å². The van der Waals surface area contributed by atoms with Gasteiger partial charge in [0, 0.05) is 74.5 Å². The third kappa shape index (κ3) is 5.63. The molecule has 0 fully saturated rings. The van der Waals surface area contributed by atoms with Crippen molar-refractivity contribution < 1.29 is 0 Å². The summed E-state index contributed by atoms with van der Waals surface area (Å²) in [5, 5.41) is 11.6. The van der Waals surface area contributed by atoms with Gasteiger partial charge in [0.25, 0.3) is 0 Å². The molecule has 14 rings (SSSR count). The zero-order valence-corrected chi connectivity index (χ0v) is 38.7. The van der Waals surface area contributed by atoms with Gasteiger partial charge in [-0.15, -0.1) is 0 Å². The first-order chi connectivity index (χ1) is 33.1. The van der Waals surface area contributed by atoms with Crippen LogP contribution < -0.4 is 0 Å². The van der Waals surface area contributed by atoms with Crippen LogP contribution in [0.15, 0.2) is 215 Å². The second-order valence-corrected chi connectivity index (χ2v) is 18.8. The van der Waals surface area contributed by atoms with Gasteiger partial charge < -0.3 is 9.13 Å². The summed E-state index contributed by atoms with van der Waals surface area (Å²) in [6.07, 6.45) is 0. The molecule has 4 heterocycles. The van der Waals surface area contributed by atoms with Crippen LogP contribution in [0.4, 0.5) is 0 Å². The highest BCUT2D eigenvalue weighted by Gasteiger charge is 2.30. The third-order valence-corrected chi connectivity index (χ3v) is 14.3. The van der Waals surface area contributed by atoms with E-state index < -0.39 is 0 Å². The lowest BCUT2D eigenvalue weighted by atomic mass is 9.95. The molecule has 14 aromatic rings. The normalized spacial score (nSPS) is 12.0. The molecule has 314 valence electrons. The maximum Gasteiger partial charge on any atom is 0.238 e. The van der Waals surface area contributed by atoms with Gasteiger partial charge in [0.2, 0.25) is 5.95 Å². The van der Waals surface area contributed by atoms with Crippen molar-refractivity contribution in [2.45, 2.75) is 0 Å². The van der Waals surface area contributed by atoms with Gasteiger partial charge in [0.15, 0.2) is 11.6 Å². The topological polar surface area (TPSA) is 53.5 Å². The molecule has 67 heavy (non-hydrogen) atoms. The molecule has 10 aromatic carbocycles. The average Bonchev–Trinajstić information content (AvgIpc) is 4.04. The smallest absolute Gasteiger partial charge is 0.238 e. The number of nitrogens with zero attached hydrogens (tertiary/aromatic N) is 6. The van der Waals surface area contributed by atoms with Crippen LogP contribution in [0.2, 0.25) is 0 Å². The minimum atomic E-state index is 0.547. The number of benzene rings is 10. The molecule has 0 amide bonds. The first kappa shape index (κ1) is 38.4. The van der Waals surface area contributed by atoms with Crippen LogP contribution in [0.1, 0.15) is 0 Å². The van der Waals surface area contributed by atoms with E-state index in [0.717, 1.165) is 80.6 Å². The average molecular weight is 987 g/mol. The van der Waals surface area contributed by atoms with E-state index in [-0.39, 0.29) is 0 Å².